The van der Waals surface area contributed by atoms with Gasteiger partial charge in [-0.3, -0.25) is 4.79 Å². The van der Waals surface area contributed by atoms with Crippen molar-refractivity contribution in [2.45, 2.75) is 19.0 Å². The average molecular weight is 272 g/mol. The first-order chi connectivity index (χ1) is 8.90. The van der Waals surface area contributed by atoms with E-state index >= 15 is 0 Å². The molecule has 0 bridgehead atoms. The molecular weight excluding hydrogens is 261 g/mol. The maximum absolute atomic E-state index is 11.9. The molecule has 0 aliphatic rings. The minimum atomic E-state index is -4.36. The third-order valence-corrected chi connectivity index (χ3v) is 1.97. The van der Waals surface area contributed by atoms with Crippen molar-refractivity contribution in [1.82, 2.24) is 4.98 Å². The average Bonchev–Trinajstić information content (AvgIpc) is 2.33. The Labute approximate surface area is 107 Å². The fraction of sp³-hybridized carbons (Fsp3) is 0.333. The molecule has 1 rings (SSSR count). The summed E-state index contributed by atoms with van der Waals surface area (Å²) >= 11 is 0. The molecule has 1 aromatic heterocycles. The van der Waals surface area contributed by atoms with Crippen molar-refractivity contribution in [3.05, 3.63) is 23.9 Å². The summed E-state index contributed by atoms with van der Waals surface area (Å²) in [7, 11) is 0. The molecule has 7 heteroatoms. The molecule has 0 aliphatic carbocycles. The Bertz CT molecular complexity index is 504. The summed E-state index contributed by atoms with van der Waals surface area (Å²) in [5, 5.41) is 10.8. The normalized spacial score (nSPS) is 10.5. The topological polar surface area (TPSA) is 62.2 Å². The summed E-state index contributed by atoms with van der Waals surface area (Å²) in [4.78, 5) is 15.0. The van der Waals surface area contributed by atoms with Crippen molar-refractivity contribution < 1.29 is 23.1 Å². The highest BCUT2D eigenvalue weighted by atomic mass is 19.4. The van der Waals surface area contributed by atoms with Gasteiger partial charge in [-0.25, -0.2) is 4.98 Å². The van der Waals surface area contributed by atoms with Gasteiger partial charge in [0, 0.05) is 18.2 Å². The van der Waals surface area contributed by atoms with E-state index in [0.717, 1.165) is 0 Å². The fourth-order valence-corrected chi connectivity index (χ4v) is 1.18. The van der Waals surface area contributed by atoms with Crippen LogP contribution in [0.1, 0.15) is 18.4 Å². The molecule has 102 valence electrons. The summed E-state index contributed by atoms with van der Waals surface area (Å²) in [6, 6.07) is 2.96. The second-order valence-corrected chi connectivity index (χ2v) is 3.55. The van der Waals surface area contributed by atoms with Crippen LogP contribution >= 0.6 is 0 Å². The predicted octanol–water partition coefficient (Wildman–Crippen LogP) is 1.71. The number of aromatic nitrogens is 1. The van der Waals surface area contributed by atoms with Crippen LogP contribution in [0.5, 0.6) is 0 Å². The van der Waals surface area contributed by atoms with E-state index in [4.69, 9.17) is 5.11 Å². The van der Waals surface area contributed by atoms with Gasteiger partial charge in [0.2, 0.25) is 5.91 Å². The summed E-state index contributed by atoms with van der Waals surface area (Å²) in [6.45, 7) is -0.310. The monoisotopic (exact) mass is 272 g/mol. The van der Waals surface area contributed by atoms with Gasteiger partial charge in [0.1, 0.15) is 12.4 Å². The van der Waals surface area contributed by atoms with Gasteiger partial charge in [-0.1, -0.05) is 11.8 Å². The molecule has 0 atom stereocenters. The van der Waals surface area contributed by atoms with Crippen molar-refractivity contribution in [2.75, 3.05) is 11.9 Å². The van der Waals surface area contributed by atoms with E-state index in [1.165, 1.54) is 12.3 Å². The van der Waals surface area contributed by atoms with E-state index in [0.29, 0.717) is 5.56 Å². The second kappa shape index (κ2) is 6.75. The number of pyridine rings is 1. The summed E-state index contributed by atoms with van der Waals surface area (Å²) < 4.78 is 35.8. The fourth-order valence-electron chi connectivity index (χ4n) is 1.18. The number of hydrogen-bond acceptors (Lipinski definition) is 3. The maximum Gasteiger partial charge on any atom is 0.389 e. The molecule has 1 amide bonds. The molecule has 0 aromatic carbocycles. The summed E-state index contributed by atoms with van der Waals surface area (Å²) in [5.41, 5.74) is 0.496. The molecule has 0 unspecified atom stereocenters. The Hall–Kier alpha value is -2.07. The Kier molecular flexibility index (Phi) is 5.33. The molecule has 2 N–H and O–H groups in total. The number of aliphatic hydroxyl groups excluding tert-OH is 1. The number of nitrogens with zero attached hydrogens (tertiary/aromatic N) is 1. The number of alkyl halides is 3. The number of aliphatic hydroxyl groups is 1. The number of carbonyl (C=O) groups is 1. The van der Waals surface area contributed by atoms with E-state index < -0.39 is 24.9 Å². The van der Waals surface area contributed by atoms with Crippen LogP contribution in [0.2, 0.25) is 0 Å². The molecule has 0 fully saturated rings. The predicted molar refractivity (Wildman–Crippen MR) is 62.1 cm³/mol. The molecule has 4 nitrogen and oxygen atoms in total. The molecule has 0 aliphatic heterocycles. The van der Waals surface area contributed by atoms with Crippen LogP contribution in [0.25, 0.3) is 0 Å². The molecule has 0 spiro atoms. The SMILES string of the molecule is O=C(CCC(F)(F)F)Nc1cc(C#CCO)ccn1. The van der Waals surface area contributed by atoms with Gasteiger partial charge in [-0.15, -0.1) is 0 Å². The quantitative estimate of drug-likeness (QED) is 0.823. The minimum absolute atomic E-state index is 0.122. The highest BCUT2D eigenvalue weighted by molar-refractivity contribution is 5.89. The number of amides is 1. The highest BCUT2D eigenvalue weighted by Crippen LogP contribution is 2.21. The van der Waals surface area contributed by atoms with Crippen molar-refractivity contribution in [2.24, 2.45) is 0 Å². The zero-order valence-electron chi connectivity index (χ0n) is 9.79. The molecular formula is C12H11F3N2O2. The number of anilines is 1. The molecule has 19 heavy (non-hydrogen) atoms. The van der Waals surface area contributed by atoms with E-state index in [2.05, 4.69) is 22.1 Å². The molecule has 0 radical (unpaired) electrons. The largest absolute Gasteiger partial charge is 0.389 e. The summed E-state index contributed by atoms with van der Waals surface area (Å²) in [5.74, 6) is 4.35. The van der Waals surface area contributed by atoms with E-state index in [-0.39, 0.29) is 12.4 Å². The zero-order valence-corrected chi connectivity index (χ0v) is 9.79. The zero-order chi connectivity index (χ0) is 14.3. The smallest absolute Gasteiger partial charge is 0.384 e. The lowest BCUT2D eigenvalue weighted by Gasteiger charge is -2.06. The molecule has 0 saturated heterocycles. The van der Waals surface area contributed by atoms with Gasteiger partial charge in [-0.05, 0) is 12.1 Å². The van der Waals surface area contributed by atoms with Crippen molar-refractivity contribution in [1.29, 1.82) is 0 Å². The highest BCUT2D eigenvalue weighted by Gasteiger charge is 2.27. The van der Waals surface area contributed by atoms with E-state index in [1.807, 2.05) is 0 Å². The van der Waals surface area contributed by atoms with E-state index in [1.54, 1.807) is 6.07 Å². The lowest BCUT2D eigenvalue weighted by Crippen LogP contribution is -2.17. The third-order valence-electron chi connectivity index (χ3n) is 1.97. The van der Waals surface area contributed by atoms with Gasteiger partial charge in [-0.2, -0.15) is 13.2 Å². The van der Waals surface area contributed by atoms with Crippen LogP contribution in [-0.4, -0.2) is 28.8 Å². The van der Waals surface area contributed by atoms with Crippen LogP contribution in [0.3, 0.4) is 0 Å². The molecule has 1 aromatic rings. The van der Waals surface area contributed by atoms with Crippen molar-refractivity contribution in [3.8, 4) is 11.8 Å². The van der Waals surface area contributed by atoms with Gasteiger partial charge in [0.15, 0.2) is 0 Å². The Balaban J connectivity index is 2.59. The number of halogens is 3. The lowest BCUT2D eigenvalue weighted by molar-refractivity contribution is -0.142. The second-order valence-electron chi connectivity index (χ2n) is 3.55. The van der Waals surface area contributed by atoms with Crippen LogP contribution in [0, 0.1) is 11.8 Å². The first kappa shape index (κ1) is 15.0. The molecule has 0 saturated carbocycles. The minimum Gasteiger partial charge on any atom is -0.384 e. The van der Waals surface area contributed by atoms with Crippen molar-refractivity contribution in [3.63, 3.8) is 0 Å². The van der Waals surface area contributed by atoms with Crippen LogP contribution in [0.15, 0.2) is 18.3 Å². The summed E-state index contributed by atoms with van der Waals surface area (Å²) in [6.07, 6.45) is -4.83. The van der Waals surface area contributed by atoms with E-state index in [9.17, 15) is 18.0 Å². The van der Waals surface area contributed by atoms with Gasteiger partial charge in [0.25, 0.3) is 0 Å². The first-order valence-electron chi connectivity index (χ1n) is 5.33. The van der Waals surface area contributed by atoms with Gasteiger partial charge < -0.3 is 10.4 Å². The third kappa shape index (κ3) is 6.43. The standard InChI is InChI=1S/C12H11F3N2O2/c13-12(14,15)5-3-11(19)17-10-8-9(2-1-7-18)4-6-16-10/h4,6,8,18H,3,5,7H2,(H,16,17,19). The van der Waals surface area contributed by atoms with Crippen molar-refractivity contribution >= 4 is 11.7 Å². The number of nitrogens with one attached hydrogen (secondary N) is 1. The lowest BCUT2D eigenvalue weighted by atomic mass is 10.2. The Morgan fingerprint density at radius 1 is 1.47 bits per heavy atom. The number of hydrogen-bond donors (Lipinski definition) is 2. The maximum atomic E-state index is 11.9. The van der Waals surface area contributed by atoms with Crippen LogP contribution in [0.4, 0.5) is 19.0 Å². The number of carbonyl (C=O) groups excluding carboxylic acids is 1. The van der Waals surface area contributed by atoms with Crippen LogP contribution < -0.4 is 5.32 Å². The number of rotatable bonds is 3. The Morgan fingerprint density at radius 2 is 2.21 bits per heavy atom. The van der Waals surface area contributed by atoms with Gasteiger partial charge >= 0.3 is 6.18 Å². The Morgan fingerprint density at radius 3 is 2.84 bits per heavy atom. The van der Waals surface area contributed by atoms with Crippen LogP contribution in [-0.2, 0) is 4.79 Å². The van der Waals surface area contributed by atoms with Gasteiger partial charge in [0.05, 0.1) is 6.42 Å². The molecule has 1 heterocycles. The first-order valence-corrected chi connectivity index (χ1v) is 5.33.